The van der Waals surface area contributed by atoms with E-state index in [1.165, 1.54) is 15.6 Å². The van der Waals surface area contributed by atoms with Gasteiger partial charge in [0.2, 0.25) is 5.91 Å². The van der Waals surface area contributed by atoms with E-state index in [1.807, 2.05) is 25.1 Å². The highest BCUT2D eigenvalue weighted by molar-refractivity contribution is 7.91. The molecule has 1 aliphatic heterocycles. The van der Waals surface area contributed by atoms with Gasteiger partial charge in [0.05, 0.1) is 0 Å². The SMILES string of the molecule is Cc1ccc(S(=O)(=O)N2CCN(C(=O)CCc3cccnc3)CC2)s1. The van der Waals surface area contributed by atoms with Crippen LogP contribution in [-0.2, 0) is 21.2 Å². The van der Waals surface area contributed by atoms with E-state index in [2.05, 4.69) is 4.98 Å². The molecule has 0 atom stereocenters. The maximum Gasteiger partial charge on any atom is 0.252 e. The summed E-state index contributed by atoms with van der Waals surface area (Å²) < 4.78 is 27.1. The normalized spacial score (nSPS) is 16.1. The molecule has 0 bridgehead atoms. The van der Waals surface area contributed by atoms with Crippen molar-refractivity contribution in [1.29, 1.82) is 0 Å². The van der Waals surface area contributed by atoms with E-state index in [1.54, 1.807) is 23.4 Å². The van der Waals surface area contributed by atoms with Crippen molar-refractivity contribution < 1.29 is 13.2 Å². The number of hydrogen-bond donors (Lipinski definition) is 0. The number of aryl methyl sites for hydroxylation is 2. The van der Waals surface area contributed by atoms with Gasteiger partial charge in [0.25, 0.3) is 10.0 Å². The van der Waals surface area contributed by atoms with Gasteiger partial charge in [-0.25, -0.2) is 8.42 Å². The molecular weight excluding hydrogens is 358 g/mol. The van der Waals surface area contributed by atoms with E-state index >= 15 is 0 Å². The summed E-state index contributed by atoms with van der Waals surface area (Å²) in [5, 5.41) is 0. The van der Waals surface area contributed by atoms with Crippen LogP contribution in [0.4, 0.5) is 0 Å². The van der Waals surface area contributed by atoms with E-state index in [4.69, 9.17) is 0 Å². The van der Waals surface area contributed by atoms with Crippen molar-refractivity contribution in [3.8, 4) is 0 Å². The molecule has 0 N–H and O–H groups in total. The number of pyridine rings is 1. The third-order valence-electron chi connectivity index (χ3n) is 4.25. The summed E-state index contributed by atoms with van der Waals surface area (Å²) in [7, 11) is -3.44. The second-order valence-corrected chi connectivity index (χ2v) is 9.46. The van der Waals surface area contributed by atoms with Crippen molar-refractivity contribution in [3.63, 3.8) is 0 Å². The molecule has 0 aromatic carbocycles. The zero-order chi connectivity index (χ0) is 17.9. The molecule has 6 nitrogen and oxygen atoms in total. The fourth-order valence-corrected chi connectivity index (χ4v) is 5.67. The highest BCUT2D eigenvalue weighted by Gasteiger charge is 2.30. The van der Waals surface area contributed by atoms with Gasteiger partial charge in [0.15, 0.2) is 0 Å². The van der Waals surface area contributed by atoms with Crippen LogP contribution in [0.25, 0.3) is 0 Å². The van der Waals surface area contributed by atoms with Gasteiger partial charge >= 0.3 is 0 Å². The second kappa shape index (κ2) is 7.63. The zero-order valence-electron chi connectivity index (χ0n) is 14.1. The minimum absolute atomic E-state index is 0.0628. The molecule has 3 heterocycles. The van der Waals surface area contributed by atoms with Gasteiger partial charge in [0.1, 0.15) is 4.21 Å². The maximum absolute atomic E-state index is 12.6. The lowest BCUT2D eigenvalue weighted by Gasteiger charge is -2.33. The van der Waals surface area contributed by atoms with E-state index in [9.17, 15) is 13.2 Å². The Balaban J connectivity index is 1.54. The van der Waals surface area contributed by atoms with Gasteiger partial charge in [-0.2, -0.15) is 4.31 Å². The summed E-state index contributed by atoms with van der Waals surface area (Å²) in [6.07, 6.45) is 4.54. The topological polar surface area (TPSA) is 70.6 Å². The Morgan fingerprint density at radius 2 is 1.96 bits per heavy atom. The first kappa shape index (κ1) is 18.0. The Morgan fingerprint density at radius 1 is 1.20 bits per heavy atom. The lowest BCUT2D eigenvalue weighted by molar-refractivity contribution is -0.132. The Bertz CT molecular complexity index is 826. The number of thiophene rings is 1. The Kier molecular flexibility index (Phi) is 5.51. The number of amides is 1. The number of hydrogen-bond acceptors (Lipinski definition) is 5. The highest BCUT2D eigenvalue weighted by atomic mass is 32.2. The molecule has 0 spiro atoms. The molecule has 1 aliphatic rings. The molecule has 0 saturated carbocycles. The molecule has 1 saturated heterocycles. The van der Waals surface area contributed by atoms with Crippen molar-refractivity contribution in [3.05, 3.63) is 47.1 Å². The van der Waals surface area contributed by atoms with Crippen molar-refractivity contribution in [2.24, 2.45) is 0 Å². The van der Waals surface area contributed by atoms with Gasteiger partial charge in [0, 0.05) is 49.9 Å². The Hall–Kier alpha value is -1.77. The second-order valence-electron chi connectivity index (χ2n) is 6.01. The summed E-state index contributed by atoms with van der Waals surface area (Å²) in [5.74, 6) is 0.0628. The van der Waals surface area contributed by atoms with Gasteiger partial charge in [-0.3, -0.25) is 9.78 Å². The predicted octanol–water partition coefficient (Wildman–Crippen LogP) is 1.92. The lowest BCUT2D eigenvalue weighted by atomic mass is 10.1. The minimum atomic E-state index is -3.44. The quantitative estimate of drug-likeness (QED) is 0.796. The third-order valence-corrected chi connectivity index (χ3v) is 7.62. The van der Waals surface area contributed by atoms with E-state index in [0.717, 1.165) is 10.4 Å². The van der Waals surface area contributed by atoms with Crippen molar-refractivity contribution in [2.45, 2.75) is 24.0 Å². The number of carbonyl (C=O) groups excluding carboxylic acids is 1. The molecule has 0 radical (unpaired) electrons. The first-order chi connectivity index (χ1) is 12.0. The van der Waals surface area contributed by atoms with Gasteiger partial charge in [-0.05, 0) is 37.1 Å². The number of aromatic nitrogens is 1. The Labute approximate surface area is 152 Å². The molecule has 8 heteroatoms. The van der Waals surface area contributed by atoms with E-state index < -0.39 is 10.0 Å². The molecule has 25 heavy (non-hydrogen) atoms. The first-order valence-corrected chi connectivity index (χ1v) is 10.5. The number of carbonyl (C=O) groups is 1. The summed E-state index contributed by atoms with van der Waals surface area (Å²) in [6, 6.07) is 7.28. The first-order valence-electron chi connectivity index (χ1n) is 8.20. The number of rotatable bonds is 5. The van der Waals surface area contributed by atoms with Crippen LogP contribution in [0.15, 0.2) is 40.9 Å². The van der Waals surface area contributed by atoms with Crippen LogP contribution in [-0.4, -0.2) is 54.7 Å². The van der Waals surface area contributed by atoms with Crippen LogP contribution in [0.5, 0.6) is 0 Å². The van der Waals surface area contributed by atoms with Gasteiger partial charge < -0.3 is 4.90 Å². The van der Waals surface area contributed by atoms with Crippen molar-refractivity contribution >= 4 is 27.3 Å². The summed E-state index contributed by atoms with van der Waals surface area (Å²) in [5.41, 5.74) is 1.03. The number of sulfonamides is 1. The van der Waals surface area contributed by atoms with Gasteiger partial charge in [-0.15, -0.1) is 11.3 Å². The predicted molar refractivity (Wildman–Crippen MR) is 97.0 cm³/mol. The van der Waals surface area contributed by atoms with E-state index in [-0.39, 0.29) is 5.91 Å². The molecular formula is C17H21N3O3S2. The molecule has 2 aromatic heterocycles. The maximum atomic E-state index is 12.6. The minimum Gasteiger partial charge on any atom is -0.340 e. The van der Waals surface area contributed by atoms with Crippen molar-refractivity contribution in [1.82, 2.24) is 14.2 Å². The average Bonchev–Trinajstić information content (AvgIpc) is 3.08. The van der Waals surface area contributed by atoms with Crippen molar-refractivity contribution in [2.75, 3.05) is 26.2 Å². The molecule has 1 fully saturated rings. The van der Waals surface area contributed by atoms with Gasteiger partial charge in [-0.1, -0.05) is 6.07 Å². The molecule has 0 aliphatic carbocycles. The lowest BCUT2D eigenvalue weighted by Crippen LogP contribution is -2.50. The highest BCUT2D eigenvalue weighted by Crippen LogP contribution is 2.25. The molecule has 2 aromatic rings. The van der Waals surface area contributed by atoms with Crippen LogP contribution in [0.3, 0.4) is 0 Å². The monoisotopic (exact) mass is 379 g/mol. The van der Waals surface area contributed by atoms with Crippen LogP contribution in [0, 0.1) is 6.92 Å². The smallest absolute Gasteiger partial charge is 0.252 e. The molecule has 1 amide bonds. The summed E-state index contributed by atoms with van der Waals surface area (Å²) >= 11 is 1.29. The van der Waals surface area contributed by atoms with E-state index in [0.29, 0.717) is 43.2 Å². The van der Waals surface area contributed by atoms with Crippen LogP contribution in [0.2, 0.25) is 0 Å². The zero-order valence-corrected chi connectivity index (χ0v) is 15.7. The number of piperazine rings is 1. The van der Waals surface area contributed by atoms with Crippen LogP contribution >= 0.6 is 11.3 Å². The largest absolute Gasteiger partial charge is 0.340 e. The van der Waals surface area contributed by atoms with Crippen LogP contribution in [0.1, 0.15) is 16.9 Å². The molecule has 0 unspecified atom stereocenters. The molecule has 134 valence electrons. The standard InChI is InChI=1S/C17H21N3O3S2/c1-14-4-7-17(24-14)25(22,23)20-11-9-19(10-12-20)16(21)6-5-15-3-2-8-18-13-15/h2-4,7-8,13H,5-6,9-12H2,1H3. The fraction of sp³-hybridized carbons (Fsp3) is 0.412. The fourth-order valence-electron chi connectivity index (χ4n) is 2.81. The average molecular weight is 380 g/mol. The van der Waals surface area contributed by atoms with Crippen LogP contribution < -0.4 is 0 Å². The Morgan fingerprint density at radius 3 is 2.56 bits per heavy atom. The summed E-state index contributed by atoms with van der Waals surface area (Å²) in [4.78, 5) is 19.1. The molecule has 3 rings (SSSR count). The third kappa shape index (κ3) is 4.26. The number of nitrogens with zero attached hydrogens (tertiary/aromatic N) is 3. The summed E-state index contributed by atoms with van der Waals surface area (Å²) in [6.45, 7) is 3.46.